The van der Waals surface area contributed by atoms with Gasteiger partial charge in [0.1, 0.15) is 12.4 Å². The summed E-state index contributed by atoms with van der Waals surface area (Å²) in [5.41, 5.74) is 10.1. The van der Waals surface area contributed by atoms with Crippen LogP contribution in [0.4, 0.5) is 0 Å². The van der Waals surface area contributed by atoms with E-state index in [4.69, 9.17) is 10.3 Å². The molecule has 0 N–H and O–H groups in total. The lowest BCUT2D eigenvalue weighted by molar-refractivity contribution is -0.141. The zero-order valence-electron chi connectivity index (χ0n) is 11.5. The molecule has 0 fully saturated rings. The number of rotatable bonds is 4. The maximum Gasteiger partial charge on any atom is 0.335 e. The molecule has 0 heterocycles. The van der Waals surface area contributed by atoms with E-state index in [1.54, 1.807) is 6.08 Å². The number of carbonyl (C=O) groups is 2. The van der Waals surface area contributed by atoms with Crippen LogP contribution in [0.2, 0.25) is 0 Å². The Labute approximate surface area is 122 Å². The van der Waals surface area contributed by atoms with Crippen LogP contribution in [0.1, 0.15) is 12.5 Å². The minimum absolute atomic E-state index is 0.122. The number of benzene rings is 1. The first-order valence-corrected chi connectivity index (χ1v) is 6.45. The van der Waals surface area contributed by atoms with E-state index < -0.39 is 11.9 Å². The van der Waals surface area contributed by atoms with Crippen molar-refractivity contribution < 1.29 is 19.1 Å². The predicted molar refractivity (Wildman–Crippen MR) is 76.3 cm³/mol. The van der Waals surface area contributed by atoms with Gasteiger partial charge in [0.2, 0.25) is 0 Å². The number of hydrogen-bond acceptors (Lipinski definition) is 3. The van der Waals surface area contributed by atoms with Crippen molar-refractivity contribution in [2.75, 3.05) is 0 Å². The van der Waals surface area contributed by atoms with Crippen LogP contribution < -0.4 is 0 Å². The summed E-state index contributed by atoms with van der Waals surface area (Å²) >= 11 is 0. The smallest absolute Gasteiger partial charge is 0.335 e. The van der Waals surface area contributed by atoms with Gasteiger partial charge in [0.15, 0.2) is 5.92 Å². The van der Waals surface area contributed by atoms with Gasteiger partial charge >= 0.3 is 11.7 Å². The number of nitrogens with zero attached hydrogens (tertiary/aromatic N) is 2. The molecule has 0 aromatic heterocycles. The van der Waals surface area contributed by atoms with E-state index in [9.17, 15) is 9.59 Å². The molecule has 0 bridgehead atoms. The number of esters is 1. The molecule has 0 saturated heterocycles. The largest absolute Gasteiger partial charge is 0.457 e. The minimum Gasteiger partial charge on any atom is -0.457 e. The average Bonchev–Trinajstić information content (AvgIpc) is 2.52. The van der Waals surface area contributed by atoms with Gasteiger partial charge in [-0.15, -0.1) is 0 Å². The molecule has 2 rings (SSSR count). The molecule has 1 aromatic carbocycles. The molecule has 1 atom stereocenters. The summed E-state index contributed by atoms with van der Waals surface area (Å²) in [5, 5.41) is 0. The van der Waals surface area contributed by atoms with Gasteiger partial charge in [-0.1, -0.05) is 42.5 Å². The lowest BCUT2D eigenvalue weighted by Crippen LogP contribution is -2.30. The molecule has 0 radical (unpaired) electrons. The Morgan fingerprint density at radius 2 is 2.00 bits per heavy atom. The highest BCUT2D eigenvalue weighted by Crippen LogP contribution is 2.20. The van der Waals surface area contributed by atoms with Crippen LogP contribution in [0.5, 0.6) is 0 Å². The fourth-order valence-electron chi connectivity index (χ4n) is 2.11. The topological polar surface area (TPSA) is 79.8 Å². The average molecular weight is 282 g/mol. The number of carbonyl (C=O) groups excluding carboxylic acids is 2. The van der Waals surface area contributed by atoms with Gasteiger partial charge in [0.25, 0.3) is 0 Å². The Balaban J connectivity index is 2.14. The van der Waals surface area contributed by atoms with Crippen LogP contribution in [-0.4, -0.2) is 22.3 Å². The third-order valence-electron chi connectivity index (χ3n) is 3.12. The van der Waals surface area contributed by atoms with Crippen LogP contribution in [0.15, 0.2) is 54.1 Å². The number of hydrogen-bond donors (Lipinski definition) is 0. The number of ether oxygens (including phenoxy) is 1. The Morgan fingerprint density at radius 1 is 1.29 bits per heavy atom. The maximum atomic E-state index is 12.1. The molecule has 0 amide bonds. The molecule has 1 aliphatic carbocycles. The zero-order valence-corrected chi connectivity index (χ0v) is 11.5. The molecule has 106 valence electrons. The second-order valence-electron chi connectivity index (χ2n) is 4.61. The molecular weight excluding hydrogens is 268 g/mol. The van der Waals surface area contributed by atoms with Crippen LogP contribution >= 0.6 is 0 Å². The molecule has 0 saturated carbocycles. The summed E-state index contributed by atoms with van der Waals surface area (Å²) in [6, 6.07) is 9.24. The lowest BCUT2D eigenvalue weighted by Gasteiger charge is -2.14. The molecule has 5 heteroatoms. The highest BCUT2D eigenvalue weighted by atomic mass is 16.5. The van der Waals surface area contributed by atoms with E-state index in [-0.39, 0.29) is 23.7 Å². The van der Waals surface area contributed by atoms with Crippen molar-refractivity contribution in [1.82, 2.24) is 0 Å². The van der Waals surface area contributed by atoms with Crippen molar-refractivity contribution in [2.24, 2.45) is 5.92 Å². The second-order valence-corrected chi connectivity index (χ2v) is 4.61. The number of ketones is 1. The van der Waals surface area contributed by atoms with Gasteiger partial charge in [0, 0.05) is 6.08 Å². The Kier molecular flexibility index (Phi) is 4.59. The molecule has 0 aliphatic heterocycles. The molecule has 21 heavy (non-hydrogen) atoms. The van der Waals surface area contributed by atoms with Crippen LogP contribution in [0.25, 0.3) is 5.53 Å². The van der Waals surface area contributed by atoms with Gasteiger partial charge < -0.3 is 10.3 Å². The first-order valence-electron chi connectivity index (χ1n) is 6.45. The lowest BCUT2D eigenvalue weighted by atomic mass is 9.87. The van der Waals surface area contributed by atoms with Gasteiger partial charge in [-0.05, 0) is 12.5 Å². The number of Topliss-reactive ketones (excluding diaryl/α,β-unsaturated/α-hetero) is 1. The first kappa shape index (κ1) is 14.6. The van der Waals surface area contributed by atoms with Gasteiger partial charge in [-0.3, -0.25) is 4.79 Å². The van der Waals surface area contributed by atoms with Crippen LogP contribution in [0, 0.1) is 5.92 Å². The fourth-order valence-corrected chi connectivity index (χ4v) is 2.11. The molecular formula is C16H14N2O3. The fraction of sp³-hybridized carbons (Fsp3) is 0.188. The SMILES string of the molecule is CC(=O)C1C(C(=O)OCc2ccccc2)=CC=CC1=[N+]=[N-]. The summed E-state index contributed by atoms with van der Waals surface area (Å²) in [7, 11) is 0. The highest BCUT2D eigenvalue weighted by Gasteiger charge is 2.36. The van der Waals surface area contributed by atoms with Gasteiger partial charge in [-0.2, -0.15) is 4.79 Å². The minimum atomic E-state index is -0.886. The second kappa shape index (κ2) is 6.59. The zero-order chi connectivity index (χ0) is 15.2. The Hall–Kier alpha value is -2.78. The molecule has 1 aliphatic rings. The van der Waals surface area contributed by atoms with Gasteiger partial charge in [-0.25, -0.2) is 4.79 Å². The monoisotopic (exact) mass is 282 g/mol. The Morgan fingerprint density at radius 3 is 2.62 bits per heavy atom. The predicted octanol–water partition coefficient (Wildman–Crippen LogP) is 2.10. The van der Waals surface area contributed by atoms with E-state index in [2.05, 4.69) is 4.79 Å². The molecule has 1 aromatic rings. The maximum absolute atomic E-state index is 12.1. The standard InChI is InChI=1S/C16H14N2O3/c1-11(19)15-13(8-5-9-14(15)18-17)16(20)21-10-12-6-3-2-4-7-12/h2-9,15H,10H2,1H3. The van der Waals surface area contributed by atoms with Crippen molar-refractivity contribution in [1.29, 1.82) is 0 Å². The normalized spacial score (nSPS) is 16.9. The van der Waals surface area contributed by atoms with E-state index in [0.717, 1.165) is 5.56 Å². The van der Waals surface area contributed by atoms with Crippen molar-refractivity contribution >= 4 is 17.5 Å². The third-order valence-corrected chi connectivity index (χ3v) is 3.12. The summed E-state index contributed by atoms with van der Waals surface area (Å²) in [5.74, 6) is -1.76. The number of allylic oxidation sites excluding steroid dienone is 3. The van der Waals surface area contributed by atoms with Gasteiger partial charge in [0.05, 0.1) is 5.57 Å². The van der Waals surface area contributed by atoms with Crippen LogP contribution in [0.3, 0.4) is 0 Å². The van der Waals surface area contributed by atoms with E-state index in [1.165, 1.54) is 19.1 Å². The molecule has 0 spiro atoms. The van der Waals surface area contributed by atoms with Crippen molar-refractivity contribution in [3.8, 4) is 0 Å². The van der Waals surface area contributed by atoms with Crippen molar-refractivity contribution in [3.63, 3.8) is 0 Å². The summed E-state index contributed by atoms with van der Waals surface area (Å²) < 4.78 is 5.21. The Bertz CT molecular complexity index is 668. The van der Waals surface area contributed by atoms with E-state index >= 15 is 0 Å². The van der Waals surface area contributed by atoms with E-state index in [0.29, 0.717) is 0 Å². The first-order chi connectivity index (χ1) is 10.1. The highest BCUT2D eigenvalue weighted by molar-refractivity contribution is 6.16. The van der Waals surface area contributed by atoms with Crippen LogP contribution in [-0.2, 0) is 20.9 Å². The van der Waals surface area contributed by atoms with Crippen molar-refractivity contribution in [3.05, 3.63) is 65.2 Å². The quantitative estimate of drug-likeness (QED) is 0.482. The summed E-state index contributed by atoms with van der Waals surface area (Å²) in [6.07, 6.45) is 4.54. The molecule has 1 unspecified atom stereocenters. The molecule has 5 nitrogen and oxygen atoms in total. The summed E-state index contributed by atoms with van der Waals surface area (Å²) in [4.78, 5) is 26.9. The van der Waals surface area contributed by atoms with Crippen molar-refractivity contribution in [2.45, 2.75) is 13.5 Å². The van der Waals surface area contributed by atoms with E-state index in [1.807, 2.05) is 30.3 Å². The summed E-state index contributed by atoms with van der Waals surface area (Å²) in [6.45, 7) is 1.46. The third kappa shape index (κ3) is 3.41.